The first-order valence-corrected chi connectivity index (χ1v) is 13.2. The van der Waals surface area contributed by atoms with Crippen LogP contribution in [-0.4, -0.2) is 40.7 Å². The van der Waals surface area contributed by atoms with Gasteiger partial charge in [-0.3, -0.25) is 14.4 Å². The Morgan fingerprint density at radius 2 is 1.71 bits per heavy atom. The number of carbonyl (C=O) groups excluding carboxylic acids is 2. The molecular weight excluding hydrogens is 528 g/mol. The van der Waals surface area contributed by atoms with Crippen molar-refractivity contribution in [2.45, 2.75) is 52.5 Å². The van der Waals surface area contributed by atoms with Crippen LogP contribution in [-0.2, 0) is 30.4 Å². The minimum absolute atomic E-state index is 0.120. The monoisotopic (exact) mass is 566 g/mol. The lowest BCUT2D eigenvalue weighted by Gasteiger charge is -2.22. The third kappa shape index (κ3) is 14.9. The van der Waals surface area contributed by atoms with Gasteiger partial charge in [0, 0.05) is 12.5 Å². The first kappa shape index (κ1) is 34.3. The van der Waals surface area contributed by atoms with Crippen LogP contribution < -0.4 is 5.32 Å². The Kier molecular flexibility index (Phi) is 16.2. The molecule has 0 bridgehead atoms. The molecule has 0 saturated carbocycles. The molecule has 2 aromatic rings. The van der Waals surface area contributed by atoms with E-state index in [2.05, 4.69) is 16.7 Å². The van der Waals surface area contributed by atoms with Gasteiger partial charge in [0.2, 0.25) is 5.91 Å². The summed E-state index contributed by atoms with van der Waals surface area (Å²) in [5.74, 6) is -1.92. The number of nitrogens with one attached hydrogen (secondary N) is 1. The molecule has 0 aliphatic rings. The number of carboxylic acids is 1. The zero-order chi connectivity index (χ0) is 30.6. The fraction of sp³-hybridized carbons (Fsp3) is 0.323. The number of ether oxygens (including phenoxy) is 1. The maximum atomic E-state index is 12.7. The summed E-state index contributed by atoms with van der Waals surface area (Å²) in [7, 11) is 0. The Labute approximate surface area is 240 Å². The average molecular weight is 567 g/mol. The number of nitrogens with zero attached hydrogens (tertiary/aromatic N) is 1. The van der Waals surface area contributed by atoms with Crippen molar-refractivity contribution in [3.63, 3.8) is 0 Å². The van der Waals surface area contributed by atoms with Gasteiger partial charge in [-0.2, -0.15) is 0 Å². The molecule has 0 radical (unpaired) electrons. The Morgan fingerprint density at radius 1 is 1.07 bits per heavy atom. The summed E-state index contributed by atoms with van der Waals surface area (Å²) in [5, 5.41) is 20.1. The van der Waals surface area contributed by atoms with E-state index < -0.39 is 22.9 Å². The van der Waals surface area contributed by atoms with E-state index >= 15 is 0 Å². The van der Waals surface area contributed by atoms with Crippen molar-refractivity contribution in [2.75, 3.05) is 6.61 Å². The molecule has 0 aliphatic carbocycles. The molecule has 0 heterocycles. The van der Waals surface area contributed by atoms with Crippen LogP contribution in [0.2, 0.25) is 0 Å². The van der Waals surface area contributed by atoms with Gasteiger partial charge in [-0.25, -0.2) is 0 Å². The number of carboxylic acid groups (broad SMARTS) is 1. The lowest BCUT2D eigenvalue weighted by atomic mass is 9.94. The number of hydrogen-bond acceptors (Lipinski definition) is 7. The molecule has 2 aromatic carbocycles. The Hall–Kier alpha value is -4.73. The van der Waals surface area contributed by atoms with Crippen LogP contribution in [0.1, 0.15) is 45.6 Å². The summed E-state index contributed by atoms with van der Waals surface area (Å²) in [5.41, 5.74) is 3.19. The van der Waals surface area contributed by atoms with Crippen molar-refractivity contribution in [1.29, 1.82) is 0 Å². The van der Waals surface area contributed by atoms with Crippen LogP contribution >= 0.6 is 0 Å². The summed E-state index contributed by atoms with van der Waals surface area (Å²) in [4.78, 5) is 48.8. The van der Waals surface area contributed by atoms with Crippen molar-refractivity contribution in [3.05, 3.63) is 107 Å². The van der Waals surface area contributed by atoms with Crippen LogP contribution in [0.25, 0.3) is 11.1 Å². The van der Waals surface area contributed by atoms with Gasteiger partial charge in [0.05, 0.1) is 18.9 Å². The van der Waals surface area contributed by atoms with E-state index in [1.165, 1.54) is 6.08 Å². The van der Waals surface area contributed by atoms with E-state index in [0.717, 1.165) is 16.7 Å². The number of carbonyl (C=O) groups is 3. The van der Waals surface area contributed by atoms with E-state index in [0.29, 0.717) is 18.6 Å². The van der Waals surface area contributed by atoms with Gasteiger partial charge in [-0.1, -0.05) is 80.3 Å². The molecule has 10 nitrogen and oxygen atoms in total. The average Bonchev–Trinajstić information content (AvgIpc) is 2.93. The normalized spacial score (nSPS) is 12.3. The lowest BCUT2D eigenvalue weighted by molar-refractivity contribution is -0.756. The highest BCUT2D eigenvalue weighted by atomic mass is 16.9. The molecule has 0 spiro atoms. The van der Waals surface area contributed by atoms with E-state index in [4.69, 9.17) is 9.84 Å². The first-order valence-electron chi connectivity index (χ1n) is 13.2. The second kappa shape index (κ2) is 19.3. The summed E-state index contributed by atoms with van der Waals surface area (Å²) < 4.78 is 5.47. The summed E-state index contributed by atoms with van der Waals surface area (Å²) in [6.07, 6.45) is 7.04. The van der Waals surface area contributed by atoms with Crippen molar-refractivity contribution in [2.24, 2.45) is 5.92 Å². The standard InChI is InChI=1S/C29H33NO5.C2H5NO3/c1-4-9-26(10-5-2)35-29(34)21(3)19-25(30-27(31)17-18-28(32)33)20-22-13-15-24(16-14-22)23-11-7-6-8-12-23;1-2-6-3(4)5/h4-16,21,25H,1,17-20H2,2-3H3,(H,30,31)(H,32,33);2H2,1H3/b10-5-,26-9+;/t21?,25-;/m0./s1. The maximum absolute atomic E-state index is 12.7. The van der Waals surface area contributed by atoms with Crippen LogP contribution in [0.4, 0.5) is 0 Å². The second-order valence-corrected chi connectivity index (χ2v) is 8.93. The quantitative estimate of drug-likeness (QED) is 0.0921. The fourth-order valence-corrected chi connectivity index (χ4v) is 3.71. The summed E-state index contributed by atoms with van der Waals surface area (Å²) in [6.45, 7) is 8.89. The molecule has 220 valence electrons. The third-order valence-corrected chi connectivity index (χ3v) is 5.58. The zero-order valence-corrected chi connectivity index (χ0v) is 23.7. The van der Waals surface area contributed by atoms with Gasteiger partial charge in [0.15, 0.2) is 0 Å². The van der Waals surface area contributed by atoms with Crippen molar-refractivity contribution in [3.8, 4) is 11.1 Å². The Balaban J connectivity index is 0.00000126. The number of benzene rings is 2. The molecule has 0 fully saturated rings. The summed E-state index contributed by atoms with van der Waals surface area (Å²) in [6, 6.07) is 17.7. The smallest absolute Gasteiger partial charge is 0.314 e. The SMILES string of the molecule is C=C/C=C(\C=C/C)OC(=O)C(C)C[C@@H](Cc1ccc(-c2ccccc2)cc1)NC(=O)CCC(=O)O.CCO[N+](=O)[O-]. The third-order valence-electron chi connectivity index (χ3n) is 5.58. The molecule has 41 heavy (non-hydrogen) atoms. The zero-order valence-electron chi connectivity index (χ0n) is 23.7. The molecule has 2 rings (SSSR count). The molecule has 10 heteroatoms. The fourth-order valence-electron chi connectivity index (χ4n) is 3.71. The molecule has 1 amide bonds. The number of aliphatic carboxylic acids is 1. The molecule has 0 saturated heterocycles. The van der Waals surface area contributed by atoms with Gasteiger partial charge in [0.25, 0.3) is 5.09 Å². The number of amides is 1. The molecule has 2 N–H and O–H groups in total. The van der Waals surface area contributed by atoms with E-state index in [1.807, 2.05) is 61.5 Å². The highest BCUT2D eigenvalue weighted by Crippen LogP contribution is 2.21. The summed E-state index contributed by atoms with van der Waals surface area (Å²) >= 11 is 0. The predicted octanol–water partition coefficient (Wildman–Crippen LogP) is 5.68. The lowest BCUT2D eigenvalue weighted by Crippen LogP contribution is -2.39. The van der Waals surface area contributed by atoms with E-state index in [1.54, 1.807) is 32.1 Å². The predicted molar refractivity (Wildman–Crippen MR) is 156 cm³/mol. The number of esters is 1. The minimum atomic E-state index is -1.03. The van der Waals surface area contributed by atoms with Crippen molar-refractivity contribution >= 4 is 17.8 Å². The van der Waals surface area contributed by atoms with Crippen LogP contribution in [0.3, 0.4) is 0 Å². The number of hydrogen-bond donors (Lipinski definition) is 2. The van der Waals surface area contributed by atoms with Gasteiger partial charge >= 0.3 is 11.9 Å². The van der Waals surface area contributed by atoms with Gasteiger partial charge < -0.3 is 20.0 Å². The molecule has 0 aliphatic heterocycles. The first-order chi connectivity index (χ1) is 19.6. The molecular formula is C31H38N2O8. The maximum Gasteiger partial charge on any atom is 0.314 e. The van der Waals surface area contributed by atoms with Gasteiger partial charge in [0.1, 0.15) is 5.76 Å². The molecule has 2 atom stereocenters. The molecule has 0 aromatic heterocycles. The largest absolute Gasteiger partial charge is 0.481 e. The Bertz CT molecular complexity index is 1190. The van der Waals surface area contributed by atoms with E-state index in [9.17, 15) is 24.5 Å². The van der Waals surface area contributed by atoms with Crippen molar-refractivity contribution < 1.29 is 34.2 Å². The minimum Gasteiger partial charge on any atom is -0.481 e. The van der Waals surface area contributed by atoms with Crippen molar-refractivity contribution in [1.82, 2.24) is 5.32 Å². The topological polar surface area (TPSA) is 145 Å². The number of rotatable bonds is 15. The van der Waals surface area contributed by atoms with Gasteiger partial charge in [-0.15, -0.1) is 10.1 Å². The van der Waals surface area contributed by atoms with Gasteiger partial charge in [-0.05, 0) is 55.5 Å². The number of allylic oxidation sites excluding steroid dienone is 4. The van der Waals surface area contributed by atoms with Crippen LogP contribution in [0.15, 0.2) is 91.2 Å². The highest BCUT2D eigenvalue weighted by Gasteiger charge is 2.23. The highest BCUT2D eigenvalue weighted by molar-refractivity contribution is 5.81. The van der Waals surface area contributed by atoms with Crippen LogP contribution in [0.5, 0.6) is 0 Å². The van der Waals surface area contributed by atoms with E-state index in [-0.39, 0.29) is 31.4 Å². The Morgan fingerprint density at radius 3 is 2.22 bits per heavy atom. The second-order valence-electron chi connectivity index (χ2n) is 8.93. The van der Waals surface area contributed by atoms with Crippen LogP contribution in [0, 0.1) is 16.0 Å². The molecule has 1 unspecified atom stereocenters.